The number of carbonyl (C=O) groups excluding carboxylic acids is 2. The summed E-state index contributed by atoms with van der Waals surface area (Å²) in [6, 6.07) is 10.1. The molecule has 1 unspecified atom stereocenters. The second-order valence-corrected chi connectivity index (χ2v) is 9.83. The molecule has 11 nitrogen and oxygen atoms in total. The molecule has 0 fully saturated rings. The van der Waals surface area contributed by atoms with E-state index in [2.05, 4.69) is 10.1 Å². The van der Waals surface area contributed by atoms with Crippen LogP contribution in [0.4, 0.5) is 5.69 Å². The summed E-state index contributed by atoms with van der Waals surface area (Å²) < 4.78 is 42.9. The molecule has 196 valence electrons. The first-order chi connectivity index (χ1) is 17.0. The Kier molecular flexibility index (Phi) is 10.1. The van der Waals surface area contributed by atoms with E-state index in [-0.39, 0.29) is 11.9 Å². The van der Waals surface area contributed by atoms with Gasteiger partial charge in [-0.1, -0.05) is 6.07 Å². The number of ether oxygens (including phenoxy) is 3. The molecule has 1 amide bonds. The van der Waals surface area contributed by atoms with Gasteiger partial charge in [0.2, 0.25) is 10.0 Å². The first kappa shape index (κ1) is 28.4. The Balaban J connectivity index is 2.42. The molecule has 0 aliphatic carbocycles. The van der Waals surface area contributed by atoms with Gasteiger partial charge in [-0.25, -0.2) is 8.42 Å². The van der Waals surface area contributed by atoms with E-state index in [4.69, 9.17) is 20.6 Å². The van der Waals surface area contributed by atoms with E-state index >= 15 is 0 Å². The van der Waals surface area contributed by atoms with Crippen molar-refractivity contribution in [3.8, 4) is 11.5 Å². The number of hydrogen-bond donors (Lipinski definition) is 4. The van der Waals surface area contributed by atoms with E-state index < -0.39 is 40.1 Å². The minimum Gasteiger partial charge on any atom is -0.490 e. The van der Waals surface area contributed by atoms with E-state index in [0.29, 0.717) is 34.9 Å². The fourth-order valence-corrected chi connectivity index (χ4v) is 4.08. The Morgan fingerprint density at radius 1 is 1.08 bits per heavy atom. The monoisotopic (exact) mass is 520 g/mol. The summed E-state index contributed by atoms with van der Waals surface area (Å²) in [5.74, 6) is -1.44. The first-order valence-corrected chi connectivity index (χ1v) is 12.9. The third-order valence-corrected chi connectivity index (χ3v) is 6.05. The van der Waals surface area contributed by atoms with E-state index in [1.807, 2.05) is 18.6 Å². The summed E-state index contributed by atoms with van der Waals surface area (Å²) in [5.41, 5.74) is 6.87. The van der Waals surface area contributed by atoms with Gasteiger partial charge in [0.25, 0.3) is 5.91 Å². The van der Waals surface area contributed by atoms with Gasteiger partial charge in [0.1, 0.15) is 11.9 Å². The van der Waals surface area contributed by atoms with Crippen molar-refractivity contribution in [3.63, 3.8) is 0 Å². The lowest BCUT2D eigenvalue weighted by Gasteiger charge is -2.22. The fourth-order valence-electron chi connectivity index (χ4n) is 3.12. The zero-order chi connectivity index (χ0) is 26.9. The lowest BCUT2D eigenvalue weighted by atomic mass is 10.0. The molecule has 0 aliphatic rings. The molecule has 0 aromatic heterocycles. The molecule has 5 N–H and O–H groups in total. The zero-order valence-corrected chi connectivity index (χ0v) is 21.5. The predicted octanol–water partition coefficient (Wildman–Crippen LogP) is 2.32. The van der Waals surface area contributed by atoms with Gasteiger partial charge in [-0.3, -0.25) is 19.7 Å². The van der Waals surface area contributed by atoms with Crippen LogP contribution in [0.1, 0.15) is 44.4 Å². The molecule has 0 spiro atoms. The molecule has 0 saturated heterocycles. The maximum Gasteiger partial charge on any atom is 0.306 e. The zero-order valence-electron chi connectivity index (χ0n) is 20.7. The molecule has 36 heavy (non-hydrogen) atoms. The largest absolute Gasteiger partial charge is 0.490 e. The van der Waals surface area contributed by atoms with Crippen LogP contribution in [-0.4, -0.2) is 51.7 Å². The summed E-state index contributed by atoms with van der Waals surface area (Å²) in [5, 5.41) is 10.5. The van der Waals surface area contributed by atoms with Crippen LogP contribution in [0.25, 0.3) is 0 Å². The van der Waals surface area contributed by atoms with Crippen molar-refractivity contribution in [2.45, 2.75) is 39.3 Å². The van der Waals surface area contributed by atoms with Crippen LogP contribution in [0.3, 0.4) is 0 Å². The van der Waals surface area contributed by atoms with Gasteiger partial charge < -0.3 is 25.3 Å². The van der Waals surface area contributed by atoms with Crippen molar-refractivity contribution >= 4 is 33.4 Å². The number of hydrogen-bond acceptors (Lipinski definition) is 9. The number of esters is 1. The molecule has 12 heteroatoms. The highest BCUT2D eigenvalue weighted by molar-refractivity contribution is 7.90. The van der Waals surface area contributed by atoms with Crippen LogP contribution in [-0.2, 0) is 24.3 Å². The van der Waals surface area contributed by atoms with Gasteiger partial charge >= 0.3 is 5.97 Å². The van der Waals surface area contributed by atoms with Crippen molar-refractivity contribution in [2.75, 3.05) is 24.8 Å². The third kappa shape index (κ3) is 8.45. The van der Waals surface area contributed by atoms with E-state index in [0.717, 1.165) is 7.11 Å². The third-order valence-electron chi connectivity index (χ3n) is 4.79. The standard InChI is InChI=1S/C24H32N4O7S/c1-5-34-20-14-17(8-11-19(20)35-15(2)3)22(27-18-9-6-16(7-10-18)23(25)26)24(30)28-36(31,32)13-12-21(29)33-4/h6-11,14-15,22,27H,5,12-13H2,1-4H3,(H3,25,26)(H,28,30). The molecule has 2 aromatic rings. The normalized spacial score (nSPS) is 11.9. The van der Waals surface area contributed by atoms with Crippen molar-refractivity contribution in [1.82, 2.24) is 4.72 Å². The average molecular weight is 521 g/mol. The van der Waals surface area contributed by atoms with Crippen molar-refractivity contribution in [1.29, 1.82) is 5.41 Å². The van der Waals surface area contributed by atoms with Crippen molar-refractivity contribution in [3.05, 3.63) is 53.6 Å². The van der Waals surface area contributed by atoms with Crippen LogP contribution in [0.15, 0.2) is 42.5 Å². The molecular formula is C24H32N4O7S. The second-order valence-electron chi connectivity index (χ2n) is 7.99. The number of amidine groups is 1. The van der Waals surface area contributed by atoms with Gasteiger partial charge in [-0.15, -0.1) is 0 Å². The highest BCUT2D eigenvalue weighted by atomic mass is 32.2. The average Bonchev–Trinajstić information content (AvgIpc) is 2.82. The van der Waals surface area contributed by atoms with E-state index in [9.17, 15) is 18.0 Å². The summed E-state index contributed by atoms with van der Waals surface area (Å²) >= 11 is 0. The van der Waals surface area contributed by atoms with Crippen molar-refractivity contribution in [2.24, 2.45) is 5.73 Å². The quantitative estimate of drug-likeness (QED) is 0.176. The number of nitrogens with two attached hydrogens (primary N) is 1. The Hall–Kier alpha value is -3.80. The van der Waals surface area contributed by atoms with Crippen molar-refractivity contribution < 1.29 is 32.2 Å². The molecule has 0 aliphatic heterocycles. The predicted molar refractivity (Wildman–Crippen MR) is 136 cm³/mol. The molecular weight excluding hydrogens is 488 g/mol. The topological polar surface area (TPSA) is 170 Å². The van der Waals surface area contributed by atoms with E-state index in [1.54, 1.807) is 49.4 Å². The lowest BCUT2D eigenvalue weighted by molar-refractivity contribution is -0.140. The smallest absolute Gasteiger partial charge is 0.306 e. The van der Waals surface area contributed by atoms with Gasteiger partial charge in [-0.05, 0) is 62.7 Å². The van der Waals surface area contributed by atoms with Gasteiger partial charge in [-0.2, -0.15) is 0 Å². The number of nitrogens with one attached hydrogen (secondary N) is 3. The minimum absolute atomic E-state index is 0.116. The maximum atomic E-state index is 13.2. The van der Waals surface area contributed by atoms with Gasteiger partial charge in [0.15, 0.2) is 11.5 Å². The van der Waals surface area contributed by atoms with Crippen LogP contribution >= 0.6 is 0 Å². The number of methoxy groups -OCH3 is 1. The maximum absolute atomic E-state index is 13.2. The molecule has 0 saturated carbocycles. The van der Waals surface area contributed by atoms with E-state index in [1.165, 1.54) is 0 Å². The number of amides is 1. The Bertz CT molecular complexity index is 1180. The Morgan fingerprint density at radius 2 is 1.75 bits per heavy atom. The van der Waals surface area contributed by atoms with Crippen LogP contribution in [0.5, 0.6) is 11.5 Å². The first-order valence-electron chi connectivity index (χ1n) is 11.2. The molecule has 1 atom stereocenters. The fraction of sp³-hybridized carbons (Fsp3) is 0.375. The van der Waals surface area contributed by atoms with Crippen LogP contribution in [0.2, 0.25) is 0 Å². The molecule has 0 radical (unpaired) electrons. The number of rotatable bonds is 13. The summed E-state index contributed by atoms with van der Waals surface area (Å²) in [6.07, 6.45) is -0.522. The molecule has 0 bridgehead atoms. The Morgan fingerprint density at radius 3 is 2.31 bits per heavy atom. The second kappa shape index (κ2) is 12.8. The number of carbonyl (C=O) groups is 2. The number of nitrogen functional groups attached to an aromatic ring is 1. The SMILES string of the molecule is CCOc1cc(C(Nc2ccc(C(=N)N)cc2)C(=O)NS(=O)(=O)CCC(=O)OC)ccc1OC(C)C. The number of anilines is 1. The number of benzene rings is 2. The number of sulfonamides is 1. The molecule has 2 rings (SSSR count). The lowest BCUT2D eigenvalue weighted by Crippen LogP contribution is -2.39. The highest BCUT2D eigenvalue weighted by Crippen LogP contribution is 2.33. The summed E-state index contributed by atoms with van der Waals surface area (Å²) in [6.45, 7) is 5.88. The molecule has 0 heterocycles. The molecule has 2 aromatic carbocycles. The Labute approximate surface area is 210 Å². The summed E-state index contributed by atoms with van der Waals surface area (Å²) in [7, 11) is -2.99. The van der Waals surface area contributed by atoms with Gasteiger partial charge in [0, 0.05) is 11.3 Å². The van der Waals surface area contributed by atoms with Crippen LogP contribution < -0.4 is 25.2 Å². The minimum atomic E-state index is -4.13. The highest BCUT2D eigenvalue weighted by Gasteiger charge is 2.27. The summed E-state index contributed by atoms with van der Waals surface area (Å²) in [4.78, 5) is 24.6. The van der Waals surface area contributed by atoms with Crippen LogP contribution in [0, 0.1) is 5.41 Å². The van der Waals surface area contributed by atoms with Gasteiger partial charge in [0.05, 0.1) is 32.0 Å².